The molecule has 25 heavy (non-hydrogen) atoms. The molecule has 0 saturated carbocycles. The van der Waals surface area contributed by atoms with E-state index >= 15 is 0 Å². The van der Waals surface area contributed by atoms with Crippen LogP contribution in [0.3, 0.4) is 0 Å². The van der Waals surface area contributed by atoms with Crippen molar-refractivity contribution in [1.29, 1.82) is 0 Å². The van der Waals surface area contributed by atoms with Crippen molar-refractivity contribution in [2.24, 2.45) is 0 Å². The summed E-state index contributed by atoms with van der Waals surface area (Å²) in [6.07, 6.45) is 0. The zero-order chi connectivity index (χ0) is 17.6. The summed E-state index contributed by atoms with van der Waals surface area (Å²) in [6.45, 7) is 0.930. The molecule has 0 amide bonds. The lowest BCUT2D eigenvalue weighted by Gasteiger charge is -2.14. The van der Waals surface area contributed by atoms with Crippen molar-refractivity contribution in [1.82, 2.24) is 0 Å². The number of ether oxygens (including phenoxy) is 1. The smallest absolute Gasteiger partial charge is 0.124 e. The molecule has 0 radical (unpaired) electrons. The van der Waals surface area contributed by atoms with E-state index in [1.807, 2.05) is 30.3 Å². The van der Waals surface area contributed by atoms with Gasteiger partial charge in [0.15, 0.2) is 0 Å². The first-order valence-corrected chi connectivity index (χ1v) is 8.51. The summed E-state index contributed by atoms with van der Waals surface area (Å²) < 4.78 is 18.8. The first-order valence-electron chi connectivity index (χ1n) is 7.76. The summed E-state index contributed by atoms with van der Waals surface area (Å²) in [5.41, 5.74) is 2.71. The fourth-order valence-electron chi connectivity index (χ4n) is 2.36. The highest BCUT2D eigenvalue weighted by molar-refractivity contribution is 6.36. The van der Waals surface area contributed by atoms with Crippen molar-refractivity contribution in [3.63, 3.8) is 0 Å². The predicted molar refractivity (Wildman–Crippen MR) is 101 cm³/mol. The molecule has 0 heterocycles. The van der Waals surface area contributed by atoms with Gasteiger partial charge in [0, 0.05) is 17.1 Å². The lowest BCUT2D eigenvalue weighted by atomic mass is 10.2. The SMILES string of the molecule is Fc1ccc(COc2ccccc2CNc2ccc(Cl)cc2Cl)cc1. The Morgan fingerprint density at radius 3 is 2.44 bits per heavy atom. The van der Waals surface area contributed by atoms with Crippen LogP contribution in [0.1, 0.15) is 11.1 Å². The second kappa shape index (κ2) is 8.24. The van der Waals surface area contributed by atoms with Gasteiger partial charge in [0.25, 0.3) is 0 Å². The van der Waals surface area contributed by atoms with Crippen LogP contribution in [0.25, 0.3) is 0 Å². The van der Waals surface area contributed by atoms with Gasteiger partial charge in [-0.3, -0.25) is 0 Å². The average Bonchev–Trinajstić information content (AvgIpc) is 2.61. The van der Waals surface area contributed by atoms with Crippen LogP contribution in [0.5, 0.6) is 5.75 Å². The van der Waals surface area contributed by atoms with Crippen molar-refractivity contribution < 1.29 is 9.13 Å². The van der Waals surface area contributed by atoms with Gasteiger partial charge in [-0.1, -0.05) is 53.5 Å². The molecule has 0 aliphatic rings. The van der Waals surface area contributed by atoms with Gasteiger partial charge in [0.05, 0.1) is 10.7 Å². The van der Waals surface area contributed by atoms with E-state index in [1.165, 1.54) is 12.1 Å². The normalized spacial score (nSPS) is 10.5. The number of anilines is 1. The van der Waals surface area contributed by atoms with Crippen LogP contribution in [0.15, 0.2) is 66.7 Å². The molecule has 0 aliphatic carbocycles. The number of rotatable bonds is 6. The fourth-order valence-corrected chi connectivity index (χ4v) is 2.83. The largest absolute Gasteiger partial charge is 0.489 e. The molecule has 0 unspecified atom stereocenters. The number of nitrogens with one attached hydrogen (secondary N) is 1. The summed E-state index contributed by atoms with van der Waals surface area (Å²) in [7, 11) is 0. The minimum Gasteiger partial charge on any atom is -0.489 e. The Hall–Kier alpha value is -2.23. The zero-order valence-electron chi connectivity index (χ0n) is 13.3. The van der Waals surface area contributed by atoms with E-state index in [-0.39, 0.29) is 5.82 Å². The van der Waals surface area contributed by atoms with Crippen LogP contribution in [0.2, 0.25) is 10.0 Å². The topological polar surface area (TPSA) is 21.3 Å². The van der Waals surface area contributed by atoms with Crippen LogP contribution in [0, 0.1) is 5.82 Å². The number of benzene rings is 3. The highest BCUT2D eigenvalue weighted by atomic mass is 35.5. The van der Waals surface area contributed by atoms with E-state index in [0.29, 0.717) is 23.2 Å². The van der Waals surface area contributed by atoms with E-state index in [9.17, 15) is 4.39 Å². The van der Waals surface area contributed by atoms with Gasteiger partial charge in [0.2, 0.25) is 0 Å². The Morgan fingerprint density at radius 1 is 0.920 bits per heavy atom. The van der Waals surface area contributed by atoms with Crippen molar-refractivity contribution in [2.75, 3.05) is 5.32 Å². The molecule has 0 saturated heterocycles. The summed E-state index contributed by atoms with van der Waals surface area (Å²) in [5, 5.41) is 4.45. The molecule has 0 fully saturated rings. The Morgan fingerprint density at radius 2 is 1.68 bits per heavy atom. The molecule has 5 heteroatoms. The first-order chi connectivity index (χ1) is 12.1. The maximum absolute atomic E-state index is 13.0. The van der Waals surface area contributed by atoms with Crippen molar-refractivity contribution >= 4 is 28.9 Å². The van der Waals surface area contributed by atoms with Gasteiger partial charge in [0.1, 0.15) is 18.2 Å². The predicted octanol–water partition coefficient (Wildman–Crippen LogP) is 6.32. The highest BCUT2D eigenvalue weighted by Crippen LogP contribution is 2.27. The molecule has 0 aliphatic heterocycles. The number of hydrogen-bond donors (Lipinski definition) is 1. The molecule has 128 valence electrons. The Balaban J connectivity index is 1.67. The van der Waals surface area contributed by atoms with Gasteiger partial charge < -0.3 is 10.1 Å². The van der Waals surface area contributed by atoms with Gasteiger partial charge >= 0.3 is 0 Å². The molecule has 3 rings (SSSR count). The Kier molecular flexibility index (Phi) is 5.79. The Labute approximate surface area is 156 Å². The molecular weight excluding hydrogens is 360 g/mol. The summed E-state index contributed by atoms with van der Waals surface area (Å²) in [6, 6.07) is 19.4. The monoisotopic (exact) mass is 375 g/mol. The first kappa shape index (κ1) is 17.6. The molecule has 3 aromatic carbocycles. The average molecular weight is 376 g/mol. The number of halogens is 3. The third-order valence-corrected chi connectivity index (χ3v) is 4.23. The zero-order valence-corrected chi connectivity index (χ0v) is 14.8. The van der Waals surface area contributed by atoms with Crippen LogP contribution >= 0.6 is 23.2 Å². The van der Waals surface area contributed by atoms with E-state index in [2.05, 4.69) is 5.32 Å². The van der Waals surface area contributed by atoms with Gasteiger partial charge in [-0.05, 0) is 42.0 Å². The molecule has 1 N–H and O–H groups in total. The number of hydrogen-bond acceptors (Lipinski definition) is 2. The van der Waals surface area contributed by atoms with Crippen molar-refractivity contribution in [3.8, 4) is 5.75 Å². The van der Waals surface area contributed by atoms with E-state index < -0.39 is 0 Å². The van der Waals surface area contributed by atoms with Crippen LogP contribution in [-0.4, -0.2) is 0 Å². The molecule has 3 aromatic rings. The van der Waals surface area contributed by atoms with Crippen LogP contribution in [-0.2, 0) is 13.2 Å². The van der Waals surface area contributed by atoms with Crippen molar-refractivity contribution in [3.05, 3.63) is 93.7 Å². The minimum absolute atomic E-state index is 0.256. The standard InChI is InChI=1S/C20H16Cl2FNO/c21-16-7-10-19(18(22)11-16)24-12-15-3-1-2-4-20(15)25-13-14-5-8-17(23)9-6-14/h1-11,24H,12-13H2. The van der Waals surface area contributed by atoms with E-state index in [4.69, 9.17) is 27.9 Å². The third-order valence-electron chi connectivity index (χ3n) is 3.68. The second-order valence-electron chi connectivity index (χ2n) is 5.50. The molecule has 0 atom stereocenters. The van der Waals surface area contributed by atoms with Crippen LogP contribution < -0.4 is 10.1 Å². The number of para-hydroxylation sites is 1. The lowest BCUT2D eigenvalue weighted by molar-refractivity contribution is 0.303. The Bertz CT molecular complexity index is 853. The minimum atomic E-state index is -0.256. The second-order valence-corrected chi connectivity index (χ2v) is 6.34. The van der Waals surface area contributed by atoms with Gasteiger partial charge in [-0.2, -0.15) is 0 Å². The molecule has 2 nitrogen and oxygen atoms in total. The molecular formula is C20H16Cl2FNO. The summed E-state index contributed by atoms with van der Waals surface area (Å²) in [5.74, 6) is 0.512. The molecule has 0 aromatic heterocycles. The van der Waals surface area contributed by atoms with E-state index in [1.54, 1.807) is 24.3 Å². The third kappa shape index (κ3) is 4.88. The van der Waals surface area contributed by atoms with Crippen LogP contribution in [0.4, 0.5) is 10.1 Å². The van der Waals surface area contributed by atoms with Gasteiger partial charge in [-0.25, -0.2) is 4.39 Å². The lowest BCUT2D eigenvalue weighted by Crippen LogP contribution is -2.04. The highest BCUT2D eigenvalue weighted by Gasteiger charge is 2.06. The molecule has 0 spiro atoms. The summed E-state index contributed by atoms with van der Waals surface area (Å²) in [4.78, 5) is 0. The van der Waals surface area contributed by atoms with Gasteiger partial charge in [-0.15, -0.1) is 0 Å². The van der Waals surface area contributed by atoms with Crippen molar-refractivity contribution in [2.45, 2.75) is 13.2 Å². The maximum Gasteiger partial charge on any atom is 0.124 e. The van der Waals surface area contributed by atoms with E-state index in [0.717, 1.165) is 22.6 Å². The maximum atomic E-state index is 13.0. The fraction of sp³-hybridized carbons (Fsp3) is 0.100. The summed E-state index contributed by atoms with van der Waals surface area (Å²) >= 11 is 12.1. The molecule has 0 bridgehead atoms. The quantitative estimate of drug-likeness (QED) is 0.543.